The fourth-order valence-corrected chi connectivity index (χ4v) is 4.05. The summed E-state index contributed by atoms with van der Waals surface area (Å²) in [6.07, 6.45) is 0.522. The lowest BCUT2D eigenvalue weighted by molar-refractivity contribution is 0.227. The third-order valence-electron chi connectivity index (χ3n) is 3.05. The van der Waals surface area contributed by atoms with E-state index in [0.29, 0.717) is 0 Å². The first-order valence-electron chi connectivity index (χ1n) is 6.28. The average Bonchev–Trinajstić information content (AvgIpc) is 2.96. The van der Waals surface area contributed by atoms with Gasteiger partial charge in [-0.3, -0.25) is 0 Å². The van der Waals surface area contributed by atoms with Crippen LogP contribution in [0.5, 0.6) is 0 Å². The lowest BCUT2D eigenvalue weighted by Gasteiger charge is -2.15. The quantitative estimate of drug-likeness (QED) is 0.860. The van der Waals surface area contributed by atoms with Crippen LogP contribution in [0.3, 0.4) is 0 Å². The number of hydrogen-bond acceptors (Lipinski definition) is 3. The minimum absolute atomic E-state index is 0.158. The van der Waals surface area contributed by atoms with Gasteiger partial charge in [-0.15, -0.1) is 22.7 Å². The van der Waals surface area contributed by atoms with Crippen molar-refractivity contribution in [2.45, 2.75) is 45.6 Å². The summed E-state index contributed by atoms with van der Waals surface area (Å²) in [5.41, 5.74) is 1.42. The van der Waals surface area contributed by atoms with E-state index in [1.165, 1.54) is 10.4 Å². The van der Waals surface area contributed by atoms with Crippen LogP contribution in [0.1, 0.15) is 54.0 Å². The molecule has 18 heavy (non-hydrogen) atoms. The van der Waals surface area contributed by atoms with Crippen molar-refractivity contribution in [3.05, 3.63) is 43.8 Å². The molecule has 0 aromatic carbocycles. The number of rotatable bonds is 3. The van der Waals surface area contributed by atoms with E-state index < -0.39 is 6.10 Å². The summed E-state index contributed by atoms with van der Waals surface area (Å²) in [6, 6.07) is 6.32. The maximum atomic E-state index is 10.5. The SMILES string of the molecule is CCc1ccsc1C(O)c1ccc(C(C)(C)C)s1. The summed E-state index contributed by atoms with van der Waals surface area (Å²) in [5, 5.41) is 12.6. The largest absolute Gasteiger partial charge is 0.382 e. The van der Waals surface area contributed by atoms with E-state index in [9.17, 15) is 5.11 Å². The van der Waals surface area contributed by atoms with E-state index in [2.05, 4.69) is 51.3 Å². The van der Waals surface area contributed by atoms with Crippen molar-refractivity contribution in [2.24, 2.45) is 0 Å². The average molecular weight is 280 g/mol. The Morgan fingerprint density at radius 3 is 2.50 bits per heavy atom. The Kier molecular flexibility index (Phi) is 3.95. The highest BCUT2D eigenvalue weighted by molar-refractivity contribution is 7.13. The first kappa shape index (κ1) is 13.8. The highest BCUT2D eigenvalue weighted by Gasteiger charge is 2.21. The Balaban J connectivity index is 2.29. The van der Waals surface area contributed by atoms with Gasteiger partial charge in [0.1, 0.15) is 6.10 Å². The molecule has 0 amide bonds. The highest BCUT2D eigenvalue weighted by Crippen LogP contribution is 2.37. The van der Waals surface area contributed by atoms with E-state index in [0.717, 1.165) is 16.2 Å². The molecule has 1 unspecified atom stereocenters. The molecule has 0 saturated heterocycles. The topological polar surface area (TPSA) is 20.2 Å². The third kappa shape index (κ3) is 2.68. The molecule has 0 aliphatic rings. The Morgan fingerprint density at radius 2 is 1.94 bits per heavy atom. The number of aliphatic hydroxyl groups is 1. The Labute approximate surface area is 117 Å². The molecule has 0 bridgehead atoms. The first-order valence-corrected chi connectivity index (χ1v) is 7.97. The molecule has 0 fully saturated rings. The molecule has 1 nitrogen and oxygen atoms in total. The molecule has 0 saturated carbocycles. The van der Waals surface area contributed by atoms with Crippen LogP contribution in [-0.4, -0.2) is 5.11 Å². The van der Waals surface area contributed by atoms with E-state index in [-0.39, 0.29) is 5.41 Å². The molecule has 2 aromatic rings. The van der Waals surface area contributed by atoms with Crippen LogP contribution in [0.4, 0.5) is 0 Å². The summed E-state index contributed by atoms with van der Waals surface area (Å²) in [5.74, 6) is 0. The monoisotopic (exact) mass is 280 g/mol. The van der Waals surface area contributed by atoms with Gasteiger partial charge < -0.3 is 5.11 Å². The predicted octanol–water partition coefficient (Wildman–Crippen LogP) is 4.75. The van der Waals surface area contributed by atoms with Crippen LogP contribution >= 0.6 is 22.7 Å². The zero-order valence-electron chi connectivity index (χ0n) is 11.4. The van der Waals surface area contributed by atoms with Crippen LogP contribution in [0, 0.1) is 0 Å². The molecule has 0 aliphatic carbocycles. The summed E-state index contributed by atoms with van der Waals surface area (Å²) in [7, 11) is 0. The van der Waals surface area contributed by atoms with E-state index >= 15 is 0 Å². The zero-order valence-corrected chi connectivity index (χ0v) is 13.0. The van der Waals surface area contributed by atoms with Crippen molar-refractivity contribution in [3.63, 3.8) is 0 Å². The molecular weight excluding hydrogens is 260 g/mol. The lowest BCUT2D eigenvalue weighted by atomic mass is 9.95. The maximum Gasteiger partial charge on any atom is 0.123 e. The molecule has 1 N–H and O–H groups in total. The Hall–Kier alpha value is -0.640. The molecule has 0 spiro atoms. The summed E-state index contributed by atoms with van der Waals surface area (Å²) >= 11 is 3.37. The van der Waals surface area contributed by atoms with Crippen molar-refractivity contribution in [1.29, 1.82) is 0 Å². The van der Waals surface area contributed by atoms with Gasteiger partial charge in [-0.1, -0.05) is 27.7 Å². The van der Waals surface area contributed by atoms with Gasteiger partial charge in [-0.25, -0.2) is 0 Å². The van der Waals surface area contributed by atoms with Gasteiger partial charge in [0, 0.05) is 14.6 Å². The van der Waals surface area contributed by atoms with Crippen molar-refractivity contribution in [3.8, 4) is 0 Å². The van der Waals surface area contributed by atoms with Gasteiger partial charge in [0.15, 0.2) is 0 Å². The normalized spacial score (nSPS) is 13.8. The molecular formula is C15H20OS2. The molecule has 0 radical (unpaired) electrons. The molecule has 0 aliphatic heterocycles. The second kappa shape index (κ2) is 5.16. The Morgan fingerprint density at radius 1 is 1.22 bits per heavy atom. The second-order valence-corrected chi connectivity index (χ2v) is 7.58. The lowest BCUT2D eigenvalue weighted by Crippen LogP contribution is -2.07. The summed E-state index contributed by atoms with van der Waals surface area (Å²) in [4.78, 5) is 3.48. The van der Waals surface area contributed by atoms with E-state index in [1.807, 2.05) is 0 Å². The zero-order chi connectivity index (χ0) is 13.3. The van der Waals surface area contributed by atoms with Crippen LogP contribution in [0.15, 0.2) is 23.6 Å². The standard InChI is InChI=1S/C15H20OS2/c1-5-10-8-9-17-14(10)13(16)11-6-7-12(18-11)15(2,3)4/h6-9,13,16H,5H2,1-4H3. The third-order valence-corrected chi connectivity index (χ3v) is 5.62. The number of aliphatic hydroxyl groups excluding tert-OH is 1. The van der Waals surface area contributed by atoms with Gasteiger partial charge in [0.05, 0.1) is 0 Å². The first-order chi connectivity index (χ1) is 8.43. The van der Waals surface area contributed by atoms with Gasteiger partial charge in [0.25, 0.3) is 0 Å². The van der Waals surface area contributed by atoms with Crippen LogP contribution in [-0.2, 0) is 11.8 Å². The van der Waals surface area contributed by atoms with Gasteiger partial charge in [0.2, 0.25) is 0 Å². The van der Waals surface area contributed by atoms with Crippen molar-refractivity contribution in [2.75, 3.05) is 0 Å². The molecule has 98 valence electrons. The predicted molar refractivity (Wildman–Crippen MR) is 80.8 cm³/mol. The maximum absolute atomic E-state index is 10.5. The van der Waals surface area contributed by atoms with E-state index in [1.54, 1.807) is 22.7 Å². The molecule has 3 heteroatoms. The van der Waals surface area contributed by atoms with Gasteiger partial charge >= 0.3 is 0 Å². The smallest absolute Gasteiger partial charge is 0.123 e. The second-order valence-electron chi connectivity index (χ2n) is 5.52. The number of aryl methyl sites for hydroxylation is 1. The van der Waals surface area contributed by atoms with Crippen LogP contribution in [0.2, 0.25) is 0 Å². The van der Waals surface area contributed by atoms with Crippen LogP contribution in [0.25, 0.3) is 0 Å². The van der Waals surface area contributed by atoms with Gasteiger partial charge in [-0.2, -0.15) is 0 Å². The summed E-state index contributed by atoms with van der Waals surface area (Å²) < 4.78 is 0. The van der Waals surface area contributed by atoms with Crippen molar-refractivity contribution >= 4 is 22.7 Å². The van der Waals surface area contributed by atoms with Gasteiger partial charge in [-0.05, 0) is 41.0 Å². The molecule has 1 atom stereocenters. The van der Waals surface area contributed by atoms with Crippen LogP contribution < -0.4 is 0 Å². The van der Waals surface area contributed by atoms with Crippen molar-refractivity contribution in [1.82, 2.24) is 0 Å². The van der Waals surface area contributed by atoms with Crippen molar-refractivity contribution < 1.29 is 5.11 Å². The number of thiophene rings is 2. The highest BCUT2D eigenvalue weighted by atomic mass is 32.1. The molecule has 2 heterocycles. The van der Waals surface area contributed by atoms with E-state index in [4.69, 9.17) is 0 Å². The Bertz CT molecular complexity index is 517. The summed E-state index contributed by atoms with van der Waals surface area (Å²) in [6.45, 7) is 8.75. The minimum Gasteiger partial charge on any atom is -0.382 e. The fourth-order valence-electron chi connectivity index (χ4n) is 1.91. The minimum atomic E-state index is -0.457. The fraction of sp³-hybridized carbons (Fsp3) is 0.467. The molecule has 2 aromatic heterocycles. The molecule has 2 rings (SSSR count). The number of hydrogen-bond donors (Lipinski definition) is 1.